The quantitative estimate of drug-likeness (QED) is 0.575. The molecule has 0 aliphatic carbocycles. The summed E-state index contributed by atoms with van der Waals surface area (Å²) in [5, 5.41) is 0. The van der Waals surface area contributed by atoms with Crippen LogP contribution in [0.5, 0.6) is 0 Å². The molecule has 0 saturated heterocycles. The molecule has 3 rings (SSSR count). The average Bonchev–Trinajstić information content (AvgIpc) is 2.58. The zero-order chi connectivity index (χ0) is 15.4. The zero-order valence-electron chi connectivity index (χ0n) is 12.1. The highest BCUT2D eigenvalue weighted by Gasteiger charge is 2.23. The fraction of sp³-hybridized carbons (Fsp3) is 0.0500. The molecular weight excluding hydrogens is 270 g/mol. The first-order valence-electron chi connectivity index (χ1n) is 7.25. The van der Waals surface area contributed by atoms with E-state index in [4.69, 9.17) is 5.73 Å². The van der Waals surface area contributed by atoms with Crippen LogP contribution >= 0.6 is 0 Å². The molecule has 0 aromatic heterocycles. The Kier molecular flexibility index (Phi) is 4.01. The van der Waals surface area contributed by atoms with E-state index in [1.54, 1.807) is 0 Å². The van der Waals surface area contributed by atoms with E-state index in [0.717, 1.165) is 11.1 Å². The molecule has 0 amide bonds. The van der Waals surface area contributed by atoms with Gasteiger partial charge in [-0.2, -0.15) is 0 Å². The van der Waals surface area contributed by atoms with Gasteiger partial charge in [-0.3, -0.25) is 4.79 Å². The van der Waals surface area contributed by atoms with Crippen LogP contribution in [-0.2, 0) is 0 Å². The number of ketones is 1. The third-order valence-electron chi connectivity index (χ3n) is 3.72. The summed E-state index contributed by atoms with van der Waals surface area (Å²) in [5.41, 5.74) is 9.12. The van der Waals surface area contributed by atoms with Crippen LogP contribution in [0, 0.1) is 0 Å². The highest BCUT2D eigenvalue weighted by molar-refractivity contribution is 6.03. The van der Waals surface area contributed by atoms with Crippen molar-refractivity contribution in [3.05, 3.63) is 102 Å². The second-order valence-electron chi connectivity index (χ2n) is 5.24. The number of hydrogen-bond donors (Lipinski definition) is 1. The van der Waals surface area contributed by atoms with Gasteiger partial charge in [0.1, 0.15) is 0 Å². The van der Waals surface area contributed by atoms with E-state index in [0.29, 0.717) is 11.3 Å². The molecular formula is C20H17NO. The Hall–Kier alpha value is -2.87. The molecule has 0 aliphatic rings. The summed E-state index contributed by atoms with van der Waals surface area (Å²) < 4.78 is 0. The Morgan fingerprint density at radius 2 is 1.18 bits per heavy atom. The summed E-state index contributed by atoms with van der Waals surface area (Å²) in [4.78, 5) is 13.0. The highest BCUT2D eigenvalue weighted by Crippen LogP contribution is 2.29. The number of Topliss-reactive ketones (excluding diaryl/α,β-unsaturated/α-hetero) is 1. The number of benzene rings is 3. The van der Waals surface area contributed by atoms with Crippen molar-refractivity contribution in [2.45, 2.75) is 5.92 Å². The minimum atomic E-state index is -0.316. The van der Waals surface area contributed by atoms with Crippen molar-refractivity contribution in [2.24, 2.45) is 0 Å². The van der Waals surface area contributed by atoms with Crippen molar-refractivity contribution in [1.29, 1.82) is 0 Å². The Morgan fingerprint density at radius 1 is 0.682 bits per heavy atom. The predicted octanol–water partition coefficient (Wildman–Crippen LogP) is 4.28. The highest BCUT2D eigenvalue weighted by atomic mass is 16.1. The van der Waals surface area contributed by atoms with Crippen molar-refractivity contribution >= 4 is 11.5 Å². The summed E-state index contributed by atoms with van der Waals surface area (Å²) in [6.45, 7) is 0. The summed E-state index contributed by atoms with van der Waals surface area (Å²) in [6.07, 6.45) is 0. The molecule has 0 saturated carbocycles. The van der Waals surface area contributed by atoms with Crippen molar-refractivity contribution in [2.75, 3.05) is 5.73 Å². The molecule has 2 N–H and O–H groups in total. The third-order valence-corrected chi connectivity index (χ3v) is 3.72. The lowest BCUT2D eigenvalue weighted by Gasteiger charge is -2.17. The van der Waals surface area contributed by atoms with E-state index in [1.807, 2.05) is 84.9 Å². The van der Waals surface area contributed by atoms with E-state index in [9.17, 15) is 4.79 Å². The maximum absolute atomic E-state index is 13.0. The summed E-state index contributed by atoms with van der Waals surface area (Å²) in [5.74, 6) is -0.222. The normalized spacial score (nSPS) is 11.8. The Balaban J connectivity index is 2.07. The molecule has 0 bridgehead atoms. The molecule has 3 aromatic rings. The number of nitrogens with two attached hydrogens (primary N) is 1. The molecule has 0 radical (unpaired) electrons. The van der Waals surface area contributed by atoms with Crippen molar-refractivity contribution in [1.82, 2.24) is 0 Å². The van der Waals surface area contributed by atoms with Crippen LogP contribution in [-0.4, -0.2) is 5.78 Å². The topological polar surface area (TPSA) is 43.1 Å². The van der Waals surface area contributed by atoms with Gasteiger partial charge in [0.05, 0.1) is 5.92 Å². The monoisotopic (exact) mass is 287 g/mol. The molecule has 0 fully saturated rings. The predicted molar refractivity (Wildman–Crippen MR) is 89.9 cm³/mol. The van der Waals surface area contributed by atoms with Gasteiger partial charge in [-0.05, 0) is 23.3 Å². The van der Waals surface area contributed by atoms with Gasteiger partial charge in [-0.25, -0.2) is 0 Å². The first-order chi connectivity index (χ1) is 10.8. The van der Waals surface area contributed by atoms with Crippen LogP contribution in [0.4, 0.5) is 5.69 Å². The van der Waals surface area contributed by atoms with Crippen molar-refractivity contribution in [3.63, 3.8) is 0 Å². The average molecular weight is 287 g/mol. The van der Waals surface area contributed by atoms with Crippen molar-refractivity contribution < 1.29 is 4.79 Å². The molecule has 0 spiro atoms. The first-order valence-corrected chi connectivity index (χ1v) is 7.25. The van der Waals surface area contributed by atoms with Gasteiger partial charge in [-0.15, -0.1) is 0 Å². The molecule has 2 heteroatoms. The number of nitrogen functional groups attached to an aromatic ring is 1. The standard InChI is InChI=1S/C20H17NO/c21-18-13-11-16(12-14-18)19(15-7-3-1-4-8-15)20(22)17-9-5-2-6-10-17/h1-14,19H,21H2. The number of carbonyl (C=O) groups is 1. The SMILES string of the molecule is Nc1ccc(C(C(=O)c2ccccc2)c2ccccc2)cc1. The smallest absolute Gasteiger partial charge is 0.174 e. The van der Waals surface area contributed by atoms with Crippen LogP contribution in [0.25, 0.3) is 0 Å². The number of rotatable bonds is 4. The van der Waals surface area contributed by atoms with Crippen LogP contribution < -0.4 is 5.73 Å². The molecule has 3 aromatic carbocycles. The lowest BCUT2D eigenvalue weighted by molar-refractivity contribution is 0.0974. The maximum atomic E-state index is 13.0. The van der Waals surface area contributed by atoms with E-state index in [1.165, 1.54) is 0 Å². The fourth-order valence-corrected chi connectivity index (χ4v) is 2.60. The van der Waals surface area contributed by atoms with Gasteiger partial charge >= 0.3 is 0 Å². The Labute approximate surface area is 130 Å². The van der Waals surface area contributed by atoms with Gasteiger partial charge < -0.3 is 5.73 Å². The molecule has 0 aliphatic heterocycles. The summed E-state index contributed by atoms with van der Waals surface area (Å²) in [6, 6.07) is 26.8. The molecule has 1 atom stereocenters. The van der Waals surface area contributed by atoms with Crippen LogP contribution in [0.15, 0.2) is 84.9 Å². The minimum absolute atomic E-state index is 0.0940. The maximum Gasteiger partial charge on any atom is 0.174 e. The van der Waals surface area contributed by atoms with Crippen LogP contribution in [0.1, 0.15) is 27.4 Å². The molecule has 108 valence electrons. The molecule has 1 unspecified atom stereocenters. The molecule has 2 nitrogen and oxygen atoms in total. The Morgan fingerprint density at radius 3 is 1.77 bits per heavy atom. The minimum Gasteiger partial charge on any atom is -0.399 e. The fourth-order valence-electron chi connectivity index (χ4n) is 2.60. The number of carbonyl (C=O) groups excluding carboxylic acids is 1. The second kappa shape index (κ2) is 6.27. The second-order valence-corrected chi connectivity index (χ2v) is 5.24. The van der Waals surface area contributed by atoms with Crippen LogP contribution in [0.3, 0.4) is 0 Å². The number of anilines is 1. The van der Waals surface area contributed by atoms with E-state index in [2.05, 4.69) is 0 Å². The lowest BCUT2D eigenvalue weighted by Crippen LogP contribution is -2.14. The number of hydrogen-bond acceptors (Lipinski definition) is 2. The van der Waals surface area contributed by atoms with Gasteiger partial charge in [0, 0.05) is 11.3 Å². The van der Waals surface area contributed by atoms with Gasteiger partial charge in [-0.1, -0.05) is 72.8 Å². The van der Waals surface area contributed by atoms with Gasteiger partial charge in [0.2, 0.25) is 0 Å². The molecule has 22 heavy (non-hydrogen) atoms. The van der Waals surface area contributed by atoms with Crippen LogP contribution in [0.2, 0.25) is 0 Å². The third kappa shape index (κ3) is 2.91. The zero-order valence-corrected chi connectivity index (χ0v) is 12.1. The van der Waals surface area contributed by atoms with Gasteiger partial charge in [0.25, 0.3) is 0 Å². The Bertz CT molecular complexity index is 749. The lowest BCUT2D eigenvalue weighted by atomic mass is 9.85. The van der Waals surface area contributed by atoms with E-state index in [-0.39, 0.29) is 11.7 Å². The largest absolute Gasteiger partial charge is 0.399 e. The summed E-state index contributed by atoms with van der Waals surface area (Å²) >= 11 is 0. The first kappa shape index (κ1) is 14.1. The van der Waals surface area contributed by atoms with Gasteiger partial charge in [0.15, 0.2) is 5.78 Å². The van der Waals surface area contributed by atoms with E-state index < -0.39 is 0 Å². The van der Waals surface area contributed by atoms with Crippen molar-refractivity contribution in [3.8, 4) is 0 Å². The van der Waals surface area contributed by atoms with E-state index >= 15 is 0 Å². The molecule has 0 heterocycles. The summed E-state index contributed by atoms with van der Waals surface area (Å²) in [7, 11) is 0.